The highest BCUT2D eigenvalue weighted by molar-refractivity contribution is 7.50. The molecule has 0 aliphatic heterocycles. The fourth-order valence-corrected chi connectivity index (χ4v) is 4.13. The first-order chi connectivity index (χ1) is 14.5. The summed E-state index contributed by atoms with van der Waals surface area (Å²) in [4.78, 5) is 12.2. The maximum atomic E-state index is 14.2. The van der Waals surface area contributed by atoms with Crippen LogP contribution in [0.4, 0.5) is 22.0 Å². The number of esters is 1. The van der Waals surface area contributed by atoms with Gasteiger partial charge in [-0.25, -0.2) is 22.0 Å². The maximum absolute atomic E-state index is 14.2. The van der Waals surface area contributed by atoms with Gasteiger partial charge in [0.15, 0.2) is 31.6 Å². The molecule has 0 saturated heterocycles. The van der Waals surface area contributed by atoms with Gasteiger partial charge in [-0.05, 0) is 44.5 Å². The van der Waals surface area contributed by atoms with Crippen molar-refractivity contribution in [3.63, 3.8) is 0 Å². The van der Waals surface area contributed by atoms with Gasteiger partial charge in [0.2, 0.25) is 5.82 Å². The monoisotopic (exact) mass is 483 g/mol. The molecular weight excluding hydrogens is 464 g/mol. The summed E-state index contributed by atoms with van der Waals surface area (Å²) in [6, 6.07) is 4.92. The van der Waals surface area contributed by atoms with E-state index in [1.165, 1.54) is 31.2 Å². The zero-order chi connectivity index (χ0) is 23.3. The SMILES string of the molecule is CCC(C)OC(=O)C(C)NP(Cc1c(F)c(F)c(F)c(F)c1F)Oc1ccc(Cl)cc1. The Kier molecular flexibility index (Phi) is 9.03. The number of hydrogen-bond acceptors (Lipinski definition) is 4. The average Bonchev–Trinajstić information content (AvgIpc) is 2.75. The molecule has 0 heterocycles. The van der Waals surface area contributed by atoms with Gasteiger partial charge < -0.3 is 9.26 Å². The Morgan fingerprint density at radius 1 is 1.00 bits per heavy atom. The van der Waals surface area contributed by atoms with Crippen LogP contribution in [0.5, 0.6) is 5.75 Å². The second-order valence-electron chi connectivity index (χ2n) is 6.64. The Morgan fingerprint density at radius 2 is 1.52 bits per heavy atom. The van der Waals surface area contributed by atoms with E-state index < -0.39 is 61.1 Å². The van der Waals surface area contributed by atoms with E-state index in [1.807, 2.05) is 6.92 Å². The minimum Gasteiger partial charge on any atom is -0.462 e. The number of carbonyl (C=O) groups is 1. The van der Waals surface area contributed by atoms with Crippen molar-refractivity contribution in [2.24, 2.45) is 0 Å². The van der Waals surface area contributed by atoms with Gasteiger partial charge in [-0.1, -0.05) is 18.5 Å². The molecule has 0 amide bonds. The van der Waals surface area contributed by atoms with Crippen molar-refractivity contribution in [2.75, 3.05) is 0 Å². The number of nitrogens with one attached hydrogen (secondary N) is 1. The van der Waals surface area contributed by atoms with E-state index in [4.69, 9.17) is 20.9 Å². The largest absolute Gasteiger partial charge is 0.462 e. The molecule has 0 aliphatic rings. The quantitative estimate of drug-likeness (QED) is 0.151. The van der Waals surface area contributed by atoms with Gasteiger partial charge in [0.05, 0.1) is 6.10 Å². The van der Waals surface area contributed by atoms with Crippen LogP contribution >= 0.6 is 19.9 Å². The van der Waals surface area contributed by atoms with Crippen LogP contribution in [0.15, 0.2) is 24.3 Å². The molecule has 1 N–H and O–H groups in total. The molecule has 0 aliphatic carbocycles. The minimum absolute atomic E-state index is 0.217. The molecule has 11 heteroatoms. The Balaban J connectivity index is 2.32. The van der Waals surface area contributed by atoms with Crippen molar-refractivity contribution < 1.29 is 36.0 Å². The summed E-state index contributed by atoms with van der Waals surface area (Å²) in [5.41, 5.74) is -1.05. The highest BCUT2D eigenvalue weighted by Gasteiger charge is 2.30. The minimum atomic E-state index is -2.25. The lowest BCUT2D eigenvalue weighted by Gasteiger charge is -2.24. The lowest BCUT2D eigenvalue weighted by atomic mass is 10.2. The van der Waals surface area contributed by atoms with Crippen LogP contribution in [-0.4, -0.2) is 18.1 Å². The maximum Gasteiger partial charge on any atom is 0.323 e. The first-order valence-electron chi connectivity index (χ1n) is 9.23. The van der Waals surface area contributed by atoms with E-state index in [0.717, 1.165) is 0 Å². The van der Waals surface area contributed by atoms with E-state index in [2.05, 4.69) is 5.09 Å². The average molecular weight is 484 g/mol. The molecular formula is C20H20ClF5NO3P. The van der Waals surface area contributed by atoms with Gasteiger partial charge in [-0.15, -0.1) is 0 Å². The van der Waals surface area contributed by atoms with Crippen molar-refractivity contribution in [1.82, 2.24) is 5.09 Å². The summed E-state index contributed by atoms with van der Waals surface area (Å²) in [5, 5.41) is 3.13. The molecule has 170 valence electrons. The van der Waals surface area contributed by atoms with Gasteiger partial charge >= 0.3 is 5.97 Å². The number of benzene rings is 2. The Morgan fingerprint density at radius 3 is 2.03 bits per heavy atom. The van der Waals surface area contributed by atoms with Crippen LogP contribution < -0.4 is 9.61 Å². The third-order valence-corrected chi connectivity index (χ3v) is 6.18. The number of rotatable bonds is 9. The molecule has 31 heavy (non-hydrogen) atoms. The normalized spacial score (nSPS) is 14.1. The number of carbonyl (C=O) groups excluding carboxylic acids is 1. The van der Waals surface area contributed by atoms with Gasteiger partial charge in [0.1, 0.15) is 11.8 Å². The van der Waals surface area contributed by atoms with Gasteiger partial charge in [-0.2, -0.15) is 0 Å². The van der Waals surface area contributed by atoms with Crippen molar-refractivity contribution in [2.45, 2.75) is 45.5 Å². The van der Waals surface area contributed by atoms with E-state index in [9.17, 15) is 26.7 Å². The third kappa shape index (κ3) is 6.51. The van der Waals surface area contributed by atoms with Crippen LogP contribution in [0.2, 0.25) is 5.02 Å². The Hall–Kier alpha value is -1.96. The van der Waals surface area contributed by atoms with Crippen LogP contribution in [0.3, 0.4) is 0 Å². The molecule has 2 aromatic rings. The Bertz CT molecular complexity index is 903. The van der Waals surface area contributed by atoms with Crippen molar-refractivity contribution in [3.8, 4) is 5.75 Å². The van der Waals surface area contributed by atoms with Crippen LogP contribution in [0.1, 0.15) is 32.8 Å². The molecule has 4 nitrogen and oxygen atoms in total. The molecule has 3 unspecified atom stereocenters. The van der Waals surface area contributed by atoms with Gasteiger partial charge in [0.25, 0.3) is 0 Å². The molecule has 0 aromatic heterocycles. The molecule has 0 saturated carbocycles. The third-order valence-electron chi connectivity index (χ3n) is 4.22. The van der Waals surface area contributed by atoms with Crippen LogP contribution in [0, 0.1) is 29.1 Å². The van der Waals surface area contributed by atoms with Gasteiger partial charge in [0, 0.05) is 16.7 Å². The zero-order valence-electron chi connectivity index (χ0n) is 16.8. The second-order valence-corrected chi connectivity index (χ2v) is 8.59. The van der Waals surface area contributed by atoms with Crippen molar-refractivity contribution in [1.29, 1.82) is 0 Å². The fourth-order valence-electron chi connectivity index (χ4n) is 2.31. The number of halogens is 6. The van der Waals surface area contributed by atoms with Crippen molar-refractivity contribution >= 4 is 25.9 Å². The molecule has 2 aromatic carbocycles. The number of hydrogen-bond donors (Lipinski definition) is 1. The topological polar surface area (TPSA) is 47.6 Å². The smallest absolute Gasteiger partial charge is 0.323 e. The predicted octanol–water partition coefficient (Wildman–Crippen LogP) is 6.25. The summed E-state index contributed by atoms with van der Waals surface area (Å²) in [6.07, 6.45) is -0.501. The highest BCUT2D eigenvalue weighted by atomic mass is 35.5. The summed E-state index contributed by atoms with van der Waals surface area (Å²) in [6.45, 7) is 4.94. The summed E-state index contributed by atoms with van der Waals surface area (Å²) < 4.78 is 79.7. The lowest BCUT2D eigenvalue weighted by Crippen LogP contribution is -2.35. The van der Waals surface area contributed by atoms with E-state index in [0.29, 0.717) is 11.4 Å². The Labute approximate surface area is 182 Å². The van der Waals surface area contributed by atoms with Crippen LogP contribution in [0.25, 0.3) is 0 Å². The van der Waals surface area contributed by atoms with E-state index in [-0.39, 0.29) is 11.9 Å². The van der Waals surface area contributed by atoms with Crippen LogP contribution in [-0.2, 0) is 15.7 Å². The van der Waals surface area contributed by atoms with E-state index >= 15 is 0 Å². The fraction of sp³-hybridized carbons (Fsp3) is 0.350. The molecule has 0 fully saturated rings. The number of ether oxygens (including phenoxy) is 1. The molecule has 2 rings (SSSR count). The molecule has 0 bridgehead atoms. The summed E-state index contributed by atoms with van der Waals surface area (Å²) in [5.74, 6) is -10.7. The summed E-state index contributed by atoms with van der Waals surface area (Å²) in [7, 11) is -2.12. The van der Waals surface area contributed by atoms with Crippen molar-refractivity contribution in [3.05, 3.63) is 63.9 Å². The van der Waals surface area contributed by atoms with E-state index in [1.54, 1.807) is 6.92 Å². The molecule has 0 radical (unpaired) electrons. The molecule has 0 spiro atoms. The van der Waals surface area contributed by atoms with Gasteiger partial charge in [-0.3, -0.25) is 9.88 Å². The summed E-state index contributed by atoms with van der Waals surface area (Å²) >= 11 is 5.81. The first kappa shape index (κ1) is 25.3. The molecule has 3 atom stereocenters. The first-order valence-corrected chi connectivity index (χ1v) is 11.0. The standard InChI is InChI=1S/C20H20ClF5NO3P/c1-4-10(2)29-20(28)11(3)27-31(30-13-7-5-12(21)6-8-13)9-14-15(22)17(24)19(26)18(25)16(14)23/h5-8,10-11,27H,4,9H2,1-3H3. The lowest BCUT2D eigenvalue weighted by molar-refractivity contribution is -0.149. The zero-order valence-corrected chi connectivity index (χ0v) is 18.5. The second kappa shape index (κ2) is 11.1. The predicted molar refractivity (Wildman–Crippen MR) is 107 cm³/mol. The highest BCUT2D eigenvalue weighted by Crippen LogP contribution is 2.41.